The van der Waals surface area contributed by atoms with E-state index in [2.05, 4.69) is 42.5 Å². The fourth-order valence-corrected chi connectivity index (χ4v) is 7.09. The van der Waals surface area contributed by atoms with Gasteiger partial charge in [-0.2, -0.15) is 0 Å². The van der Waals surface area contributed by atoms with Gasteiger partial charge in [0.25, 0.3) is 5.91 Å². The maximum Gasteiger partial charge on any atom is 0.326 e. The lowest BCUT2D eigenvalue weighted by molar-refractivity contribution is -0.145. The molecule has 0 aliphatic heterocycles. The zero-order valence-electron chi connectivity index (χ0n) is 38.2. The molecule has 0 radical (unpaired) electrons. The third-order valence-corrected chi connectivity index (χ3v) is 11.0. The van der Waals surface area contributed by atoms with Gasteiger partial charge in [0, 0.05) is 81.8 Å². The van der Waals surface area contributed by atoms with Crippen LogP contribution in [0, 0.1) is 0 Å². The number of hydrogen-bond acceptors (Lipinski definition) is 14. The molecule has 2 aromatic carbocycles. The van der Waals surface area contributed by atoms with Crippen LogP contribution >= 0.6 is 15.9 Å². The van der Waals surface area contributed by atoms with E-state index in [9.17, 15) is 68.4 Å². The lowest BCUT2D eigenvalue weighted by Crippen LogP contribution is -2.51. The monoisotopic (exact) mass is 1050 g/mol. The summed E-state index contributed by atoms with van der Waals surface area (Å²) in [6.45, 7) is -0.339. The molecule has 0 fully saturated rings. The first-order valence-electron chi connectivity index (χ1n) is 22.0. The minimum Gasteiger partial charge on any atom is -0.481 e. The lowest BCUT2D eigenvalue weighted by atomic mass is 10.1. The van der Waals surface area contributed by atoms with Gasteiger partial charge in [0.15, 0.2) is 0 Å². The molecule has 70 heavy (non-hydrogen) atoms. The van der Waals surface area contributed by atoms with Gasteiger partial charge >= 0.3 is 47.8 Å². The van der Waals surface area contributed by atoms with Crippen LogP contribution in [-0.2, 0) is 51.4 Å². The molecular weight excluding hydrogens is 992 g/mol. The van der Waals surface area contributed by atoms with Crippen LogP contribution in [0.4, 0.5) is 4.79 Å². The number of nitrogens with one attached hydrogen (secondary N) is 5. The van der Waals surface area contributed by atoms with Crippen LogP contribution in [0.1, 0.15) is 66.4 Å². The van der Waals surface area contributed by atoms with E-state index in [0.29, 0.717) is 17.5 Å². The highest BCUT2D eigenvalue weighted by Gasteiger charge is 2.28. The van der Waals surface area contributed by atoms with E-state index < -0.39 is 97.8 Å². The second-order valence-corrected chi connectivity index (χ2v) is 16.8. The molecule has 0 aromatic heterocycles. The number of carbonyl (C=O) groups is 10. The van der Waals surface area contributed by atoms with Crippen LogP contribution in [-0.4, -0.2) is 194 Å². The maximum absolute atomic E-state index is 13.9. The predicted octanol–water partition coefficient (Wildman–Crippen LogP) is 0.219. The average molecular weight is 1050 g/mol. The summed E-state index contributed by atoms with van der Waals surface area (Å²) in [6.07, 6.45) is -0.911. The van der Waals surface area contributed by atoms with Gasteiger partial charge in [0.1, 0.15) is 18.1 Å². The van der Waals surface area contributed by atoms with E-state index in [0.717, 1.165) is 10.0 Å². The van der Waals surface area contributed by atoms with Crippen LogP contribution in [0.15, 0.2) is 53.0 Å². The molecule has 0 aliphatic carbocycles. The quantitative estimate of drug-likeness (QED) is 0.0403. The van der Waals surface area contributed by atoms with Crippen LogP contribution < -0.4 is 26.6 Å². The van der Waals surface area contributed by atoms with Crippen molar-refractivity contribution in [2.75, 3.05) is 65.4 Å². The van der Waals surface area contributed by atoms with Gasteiger partial charge in [0.2, 0.25) is 5.91 Å². The highest BCUT2D eigenvalue weighted by atomic mass is 79.9. The number of nitrogens with zero attached hydrogens (tertiary/aromatic N) is 3. The lowest BCUT2D eigenvalue weighted by Gasteiger charge is -2.31. The molecule has 386 valence electrons. The number of hydrogen-bond donors (Lipinski definition) is 12. The number of rotatable bonds is 37. The van der Waals surface area contributed by atoms with Crippen LogP contribution in [0.3, 0.4) is 0 Å². The van der Waals surface area contributed by atoms with E-state index in [-0.39, 0.29) is 97.0 Å². The summed E-state index contributed by atoms with van der Waals surface area (Å²) in [5.41, 5.74) is 1.69. The zero-order chi connectivity index (χ0) is 52.2. The largest absolute Gasteiger partial charge is 0.481 e. The topological polar surface area (TPSA) is 382 Å². The minimum absolute atomic E-state index is 0.0196. The number of urea groups is 1. The van der Waals surface area contributed by atoms with Gasteiger partial charge in [-0.3, -0.25) is 43.4 Å². The molecule has 0 saturated carbocycles. The molecule has 1 unspecified atom stereocenters. The summed E-state index contributed by atoms with van der Waals surface area (Å²) in [4.78, 5) is 124. The summed E-state index contributed by atoms with van der Waals surface area (Å²) in [6, 6.07) is 8.32. The Morgan fingerprint density at radius 1 is 0.557 bits per heavy atom. The third kappa shape index (κ3) is 25.0. The first-order chi connectivity index (χ1) is 33.1. The number of carbonyl (C=O) groups excluding carboxylic acids is 3. The van der Waals surface area contributed by atoms with Crippen molar-refractivity contribution in [2.24, 2.45) is 0 Å². The van der Waals surface area contributed by atoms with Crippen molar-refractivity contribution in [1.29, 1.82) is 0 Å². The van der Waals surface area contributed by atoms with Crippen LogP contribution in [0.25, 0.3) is 0 Å². The first kappa shape index (κ1) is 59.4. The molecule has 26 heteroatoms. The van der Waals surface area contributed by atoms with Gasteiger partial charge in [-0.25, -0.2) is 14.4 Å². The van der Waals surface area contributed by atoms with Crippen molar-refractivity contribution in [3.8, 4) is 0 Å². The summed E-state index contributed by atoms with van der Waals surface area (Å²) in [7, 11) is 0. The molecular formula is C44H61BrN8O17. The molecule has 0 spiro atoms. The fraction of sp³-hybridized carbons (Fsp3) is 0.500. The molecule has 12 N–H and O–H groups in total. The van der Waals surface area contributed by atoms with Crippen molar-refractivity contribution < 1.29 is 83.7 Å². The van der Waals surface area contributed by atoms with Crippen molar-refractivity contribution >= 4 is 75.6 Å². The van der Waals surface area contributed by atoms with E-state index in [1.165, 1.54) is 9.80 Å². The van der Waals surface area contributed by atoms with Crippen molar-refractivity contribution in [1.82, 2.24) is 41.3 Å². The average Bonchev–Trinajstić information content (AvgIpc) is 3.29. The van der Waals surface area contributed by atoms with Crippen LogP contribution in [0.2, 0.25) is 0 Å². The van der Waals surface area contributed by atoms with Gasteiger partial charge in [-0.15, -0.1) is 0 Å². The molecule has 2 rings (SSSR count). The molecule has 0 aliphatic rings. The van der Waals surface area contributed by atoms with E-state index in [4.69, 9.17) is 15.3 Å². The van der Waals surface area contributed by atoms with Crippen molar-refractivity contribution in [2.45, 2.75) is 76.2 Å². The summed E-state index contributed by atoms with van der Waals surface area (Å²) >= 11 is 3.38. The van der Waals surface area contributed by atoms with Crippen LogP contribution in [0.5, 0.6) is 0 Å². The van der Waals surface area contributed by atoms with Gasteiger partial charge in [-0.05, 0) is 67.5 Å². The smallest absolute Gasteiger partial charge is 0.326 e. The Labute approximate surface area is 410 Å². The second-order valence-electron chi connectivity index (χ2n) is 15.9. The number of aliphatic carboxylic acids is 7. The molecule has 2 aromatic rings. The standard InChI is InChI=1S/C44H61BrN8O17/c45-31-10-6-29(7-11-31)26-53(18-2-1-3-32(41(64)65)49-44(70)50-33(42(66)67)12-15-36(55)56)40(63)30-8-4-28(5-9-30)23-48-35(54)14-13-34(43(68)69)52(20-17-47-25-38(59)60)22-21-51(27-39(61)62)19-16-46-24-37(57)58/h4-11,32-34,46-47H,1-3,12-27H2,(H,48,54)(H,55,56)(H,57,58)(H,59,60)(H,61,62)(H,64,65)(H,66,67)(H,68,69)(H2,49,50,70)/t32-,33-,34?/m1/s1. The number of halogens is 1. The number of unbranched alkanes of at least 4 members (excludes halogenated alkanes) is 1. The Morgan fingerprint density at radius 2 is 1.13 bits per heavy atom. The normalized spacial score (nSPS) is 12.3. The van der Waals surface area contributed by atoms with Gasteiger partial charge < -0.3 is 67.2 Å². The predicted molar refractivity (Wildman–Crippen MR) is 250 cm³/mol. The van der Waals surface area contributed by atoms with Crippen molar-refractivity contribution in [3.05, 3.63) is 69.7 Å². The highest BCUT2D eigenvalue weighted by Crippen LogP contribution is 2.17. The van der Waals surface area contributed by atoms with E-state index in [1.807, 2.05) is 12.1 Å². The third-order valence-electron chi connectivity index (χ3n) is 10.5. The molecule has 25 nitrogen and oxygen atoms in total. The maximum atomic E-state index is 13.9. The molecule has 0 bridgehead atoms. The Morgan fingerprint density at radius 3 is 1.67 bits per heavy atom. The molecule has 3 atom stereocenters. The number of benzene rings is 2. The van der Waals surface area contributed by atoms with Crippen molar-refractivity contribution in [3.63, 3.8) is 0 Å². The second kappa shape index (κ2) is 32.1. The summed E-state index contributed by atoms with van der Waals surface area (Å²) in [5.74, 6) is -9.67. The summed E-state index contributed by atoms with van der Waals surface area (Å²) in [5, 5.41) is 77.7. The Hall–Kier alpha value is -6.74. The molecule has 0 heterocycles. The SMILES string of the molecule is O=C(O)CC[C@@H](NC(=O)N[C@H](CCCCN(Cc1ccc(Br)cc1)C(=O)c1ccc(CNC(=O)CCC(C(=O)O)N(CCNCC(=O)O)CCN(CCNCC(=O)O)CC(=O)O)cc1)C(=O)O)C(=O)O. The van der Waals surface area contributed by atoms with E-state index >= 15 is 0 Å². The number of carboxylic acid groups (broad SMARTS) is 7. The Kier molecular flexibility index (Phi) is 27.3. The van der Waals surface area contributed by atoms with Gasteiger partial charge in [0.05, 0.1) is 19.6 Å². The zero-order valence-corrected chi connectivity index (χ0v) is 39.8. The summed E-state index contributed by atoms with van der Waals surface area (Å²) < 4.78 is 0.815. The Balaban J connectivity index is 2.08. The van der Waals surface area contributed by atoms with E-state index in [1.54, 1.807) is 41.3 Å². The number of amides is 4. The fourth-order valence-electron chi connectivity index (χ4n) is 6.83. The molecule has 0 saturated heterocycles. The first-order valence-corrected chi connectivity index (χ1v) is 22.8. The molecule has 4 amide bonds. The minimum atomic E-state index is -1.56. The number of carboxylic acids is 7. The Bertz CT molecular complexity index is 2080. The highest BCUT2D eigenvalue weighted by molar-refractivity contribution is 9.10. The van der Waals surface area contributed by atoms with Gasteiger partial charge in [-0.1, -0.05) is 40.2 Å².